The second kappa shape index (κ2) is 21.0. The summed E-state index contributed by atoms with van der Waals surface area (Å²) in [7, 11) is 8.87. The molecule has 0 radical (unpaired) electrons. The molecule has 1 fully saturated rings. The second-order valence-electron chi connectivity index (χ2n) is 18.0. The summed E-state index contributed by atoms with van der Waals surface area (Å²) in [6, 6.07) is 34.9. The molecule has 76 heavy (non-hydrogen) atoms. The molecule has 0 saturated heterocycles. The first kappa shape index (κ1) is 49.6. The lowest BCUT2D eigenvalue weighted by Crippen LogP contribution is -2.16. The zero-order valence-corrected chi connectivity index (χ0v) is 44.8. The number of rotatable bonds is 11. The fourth-order valence-corrected chi connectivity index (χ4v) is 12.4. The van der Waals surface area contributed by atoms with Crippen LogP contribution < -0.4 is 46.4 Å². The van der Waals surface area contributed by atoms with Crippen molar-refractivity contribution in [1.29, 1.82) is 0 Å². The monoisotopic (exact) mass is 1070 g/mol. The topological polar surface area (TPSA) is 160 Å². The molecule has 9 aromatic heterocycles. The molecule has 3 aromatic carbocycles. The van der Waals surface area contributed by atoms with Crippen molar-refractivity contribution in [1.82, 2.24) is 28.7 Å². The van der Waals surface area contributed by atoms with Gasteiger partial charge in [0.2, 0.25) is 0 Å². The Balaban J connectivity index is 0.000000122. The number of thiophene rings is 3. The molecular formula is C58H51N9O6S3. The van der Waals surface area contributed by atoms with Gasteiger partial charge in [0.25, 0.3) is 16.7 Å². The van der Waals surface area contributed by atoms with Crippen molar-refractivity contribution in [2.24, 2.45) is 0 Å². The Kier molecular flexibility index (Phi) is 13.7. The van der Waals surface area contributed by atoms with Gasteiger partial charge in [-0.25, -0.2) is 15.0 Å². The normalized spacial score (nSPS) is 12.1. The van der Waals surface area contributed by atoms with Crippen LogP contribution in [0.1, 0.15) is 19.8 Å². The molecule has 0 atom stereocenters. The molecule has 0 spiro atoms. The number of hydrogen-bond acceptors (Lipinski definition) is 15. The molecule has 0 unspecified atom stereocenters. The van der Waals surface area contributed by atoms with Crippen molar-refractivity contribution in [3.63, 3.8) is 0 Å². The maximum atomic E-state index is 13.1. The van der Waals surface area contributed by atoms with Gasteiger partial charge in [-0.1, -0.05) is 0 Å². The van der Waals surface area contributed by atoms with Gasteiger partial charge in [-0.2, -0.15) is 0 Å². The number of ether oxygens (including phenoxy) is 3. The number of pyridine rings is 6. The molecule has 1 aliphatic rings. The highest BCUT2D eigenvalue weighted by Crippen LogP contribution is 2.39. The first-order valence-electron chi connectivity index (χ1n) is 24.5. The first-order valence-corrected chi connectivity index (χ1v) is 26.9. The quantitative estimate of drug-likeness (QED) is 0.126. The Morgan fingerprint density at radius 1 is 0.513 bits per heavy atom. The molecule has 2 N–H and O–H groups in total. The predicted octanol–water partition coefficient (Wildman–Crippen LogP) is 11.9. The number of fused-ring (bicyclic) bond motifs is 9. The summed E-state index contributed by atoms with van der Waals surface area (Å²) in [6.45, 7) is 2.87. The molecule has 18 heteroatoms. The van der Waals surface area contributed by atoms with E-state index >= 15 is 0 Å². The van der Waals surface area contributed by atoms with Crippen molar-refractivity contribution in [2.45, 2.75) is 25.8 Å². The predicted molar refractivity (Wildman–Crippen MR) is 313 cm³/mol. The number of aromatic nitrogens is 6. The average Bonchev–Trinajstić information content (AvgIpc) is 3.97. The van der Waals surface area contributed by atoms with Crippen LogP contribution in [-0.4, -0.2) is 76.7 Å². The lowest BCUT2D eigenvalue weighted by Gasteiger charge is -2.13. The molecule has 0 aliphatic heterocycles. The molecule has 12 aromatic rings. The van der Waals surface area contributed by atoms with Crippen LogP contribution in [0, 0.1) is 0 Å². The second-order valence-corrected chi connectivity index (χ2v) is 21.0. The minimum Gasteiger partial charge on any atom is -0.497 e. The van der Waals surface area contributed by atoms with Crippen molar-refractivity contribution < 1.29 is 14.2 Å². The summed E-state index contributed by atoms with van der Waals surface area (Å²) in [6.07, 6.45) is 13.3. The molecule has 0 bridgehead atoms. The third-order valence-corrected chi connectivity index (χ3v) is 16.4. The van der Waals surface area contributed by atoms with E-state index < -0.39 is 0 Å². The zero-order valence-electron chi connectivity index (χ0n) is 42.4. The van der Waals surface area contributed by atoms with Crippen LogP contribution in [0.3, 0.4) is 0 Å². The molecule has 382 valence electrons. The fourth-order valence-electron chi connectivity index (χ4n) is 9.17. The Bertz CT molecular complexity index is 4290. The smallest absolute Gasteiger partial charge is 0.273 e. The van der Waals surface area contributed by atoms with E-state index in [2.05, 4.69) is 32.5 Å². The summed E-state index contributed by atoms with van der Waals surface area (Å²) in [5.41, 5.74) is 5.51. The van der Waals surface area contributed by atoms with Crippen LogP contribution >= 0.6 is 34.0 Å². The molecule has 9 heterocycles. The summed E-state index contributed by atoms with van der Waals surface area (Å²) in [4.78, 5) is 57.2. The van der Waals surface area contributed by atoms with Gasteiger partial charge in [-0.15, -0.1) is 34.0 Å². The molecule has 0 amide bonds. The van der Waals surface area contributed by atoms with Gasteiger partial charge in [-0.3, -0.25) is 28.1 Å². The zero-order chi connectivity index (χ0) is 52.6. The van der Waals surface area contributed by atoms with E-state index in [1.807, 2.05) is 153 Å². The minimum atomic E-state index is -0.0342. The van der Waals surface area contributed by atoms with Gasteiger partial charge in [0.1, 0.15) is 45.8 Å². The van der Waals surface area contributed by atoms with Crippen molar-refractivity contribution in [3.8, 4) is 34.3 Å². The molecular weight excluding hydrogens is 1010 g/mol. The highest BCUT2D eigenvalue weighted by Gasteiger charge is 2.24. The lowest BCUT2D eigenvalue weighted by atomic mass is 10.2. The van der Waals surface area contributed by atoms with Gasteiger partial charge in [-0.05, 0) is 129 Å². The van der Waals surface area contributed by atoms with Crippen LogP contribution in [0.4, 0.5) is 17.1 Å². The maximum absolute atomic E-state index is 13.1. The van der Waals surface area contributed by atoms with Gasteiger partial charge >= 0.3 is 0 Å². The van der Waals surface area contributed by atoms with Gasteiger partial charge in [0.05, 0.1) is 21.3 Å². The highest BCUT2D eigenvalue weighted by molar-refractivity contribution is 7.26. The third kappa shape index (κ3) is 9.35. The van der Waals surface area contributed by atoms with Crippen LogP contribution in [0.25, 0.3) is 78.0 Å². The van der Waals surface area contributed by atoms with Crippen LogP contribution in [0.5, 0.6) is 17.2 Å². The van der Waals surface area contributed by atoms with Crippen LogP contribution in [-0.2, 0) is 0 Å². The van der Waals surface area contributed by atoms with Crippen LogP contribution in [0.2, 0.25) is 0 Å². The van der Waals surface area contributed by atoms with E-state index in [0.29, 0.717) is 10.7 Å². The van der Waals surface area contributed by atoms with Crippen molar-refractivity contribution >= 4 is 112 Å². The van der Waals surface area contributed by atoms with Gasteiger partial charge in [0.15, 0.2) is 0 Å². The number of nitrogens with zero attached hydrogens (tertiary/aromatic N) is 7. The first-order chi connectivity index (χ1) is 37.1. The Morgan fingerprint density at radius 3 is 1.26 bits per heavy atom. The van der Waals surface area contributed by atoms with E-state index in [1.54, 1.807) is 47.4 Å². The maximum Gasteiger partial charge on any atom is 0.273 e. The number of nitrogens with one attached hydrogen (secondary N) is 2. The third-order valence-electron chi connectivity index (χ3n) is 13.1. The highest BCUT2D eigenvalue weighted by atomic mass is 32.1. The van der Waals surface area contributed by atoms with E-state index in [9.17, 15) is 14.4 Å². The van der Waals surface area contributed by atoms with Crippen molar-refractivity contribution in [3.05, 3.63) is 177 Å². The molecule has 1 aliphatic carbocycles. The Labute approximate surface area is 447 Å². The fraction of sp³-hybridized carbons (Fsp3) is 0.172. The summed E-state index contributed by atoms with van der Waals surface area (Å²) < 4.78 is 22.7. The van der Waals surface area contributed by atoms with Gasteiger partial charge in [0, 0.05) is 130 Å². The lowest BCUT2D eigenvalue weighted by molar-refractivity contribution is 0.414. The van der Waals surface area contributed by atoms with Crippen molar-refractivity contribution in [2.75, 3.05) is 57.5 Å². The van der Waals surface area contributed by atoms with E-state index in [1.165, 1.54) is 46.9 Å². The molecule has 15 nitrogen and oxygen atoms in total. The minimum absolute atomic E-state index is 0.0203. The Hall–Kier alpha value is -8.58. The SMILES string of the molecule is CCNc1ccnc2sc3c(=O)n(-c4ccc(OC)cc4)ccc3c12.COc1ccc(-n2ccc3c(sc4nccc(N(C)C)c43)c2=O)cc1.COc1ccc(-n2ccc3c(sc4nccc(NC5CC5)c43)c2=O)cc1. The molecule has 13 rings (SSSR count). The van der Waals surface area contributed by atoms with E-state index in [4.69, 9.17) is 14.2 Å². The standard InChI is InChI=1S/C20H17N3O2S.2C19H17N3O2S/c1-25-14-6-4-13(5-7-14)23-11-9-15-17-16(22-12-2-3-12)8-10-21-19(17)26-18(15)20(23)24;1-21(2)15-8-10-20-18-16(15)14-9-11-22(19(23)17(14)25-18)12-4-6-13(24-3)7-5-12;1-3-20-15-8-10-21-18-16(15)14-9-11-22(19(23)17(14)25-18)12-4-6-13(24-2)7-5-12/h4-12H,2-3H2,1H3,(H,21,22);4-11H,1-3H3;4-11H,3H2,1-2H3,(H,20,21). The number of hydrogen-bond donors (Lipinski definition) is 2. The van der Waals surface area contributed by atoms with E-state index in [-0.39, 0.29) is 16.7 Å². The van der Waals surface area contributed by atoms with Crippen LogP contribution in [0.15, 0.2) is 161 Å². The molecule has 1 saturated carbocycles. The Morgan fingerprint density at radius 2 is 0.882 bits per heavy atom. The summed E-state index contributed by atoms with van der Waals surface area (Å²) in [5.74, 6) is 2.29. The van der Waals surface area contributed by atoms with E-state index in [0.717, 1.165) is 114 Å². The number of anilines is 3. The number of benzene rings is 3. The largest absolute Gasteiger partial charge is 0.497 e. The van der Waals surface area contributed by atoms with Gasteiger partial charge < -0.3 is 29.7 Å². The summed E-state index contributed by atoms with van der Waals surface area (Å²) >= 11 is 4.33. The summed E-state index contributed by atoms with van der Waals surface area (Å²) in [5, 5.41) is 12.9. The average molecular weight is 1070 g/mol. The number of methoxy groups -OCH3 is 3.